The average molecular weight is 481 g/mol. The van der Waals surface area contributed by atoms with Crippen molar-refractivity contribution in [3.8, 4) is 0 Å². The first kappa shape index (κ1) is 24.2. The van der Waals surface area contributed by atoms with Crippen molar-refractivity contribution in [3.63, 3.8) is 0 Å². The lowest BCUT2D eigenvalue weighted by atomic mass is 10.1. The standard InChI is InChI=1S/C22H25ClN2O6S/c1-13-8-9-17(10-14(13)2)32(29,30)25-12-16(26)11-20(25)22(28)31-15(3)21(27)24-19-7-5-4-6-18(19)23/h4-10,15-16,20,26H,11-12H2,1-3H3,(H,24,27)/t15?,16?,20-/m0/s1. The number of amides is 1. The molecule has 0 spiro atoms. The molecule has 0 radical (unpaired) electrons. The molecule has 2 aromatic carbocycles. The Morgan fingerprint density at radius 3 is 2.53 bits per heavy atom. The molecule has 1 aliphatic rings. The molecule has 8 nitrogen and oxygen atoms in total. The summed E-state index contributed by atoms with van der Waals surface area (Å²) in [7, 11) is -4.06. The Labute approximate surface area is 192 Å². The van der Waals surface area contributed by atoms with Gasteiger partial charge in [-0.25, -0.2) is 8.42 Å². The Hall–Kier alpha value is -2.46. The van der Waals surface area contributed by atoms with Gasteiger partial charge >= 0.3 is 5.97 Å². The van der Waals surface area contributed by atoms with Gasteiger partial charge in [0, 0.05) is 13.0 Å². The second-order valence-electron chi connectivity index (χ2n) is 7.77. The molecular weight excluding hydrogens is 456 g/mol. The maximum absolute atomic E-state index is 13.2. The first-order valence-corrected chi connectivity index (χ1v) is 11.9. The van der Waals surface area contributed by atoms with Crippen molar-refractivity contribution >= 4 is 39.2 Å². The molecule has 2 aromatic rings. The molecule has 0 aliphatic carbocycles. The fourth-order valence-electron chi connectivity index (χ4n) is 3.38. The number of carbonyl (C=O) groups is 2. The predicted molar refractivity (Wildman–Crippen MR) is 120 cm³/mol. The van der Waals surface area contributed by atoms with Crippen LogP contribution in [0.4, 0.5) is 5.69 Å². The van der Waals surface area contributed by atoms with E-state index in [0.717, 1.165) is 15.4 Å². The number of aliphatic hydroxyl groups excluding tert-OH is 1. The highest BCUT2D eigenvalue weighted by Gasteiger charge is 2.45. The van der Waals surface area contributed by atoms with Crippen molar-refractivity contribution in [2.75, 3.05) is 11.9 Å². The van der Waals surface area contributed by atoms with Gasteiger partial charge in [0.1, 0.15) is 6.04 Å². The van der Waals surface area contributed by atoms with Crippen LogP contribution in [0, 0.1) is 13.8 Å². The van der Waals surface area contributed by atoms with E-state index in [1.807, 2.05) is 6.92 Å². The molecule has 10 heteroatoms. The van der Waals surface area contributed by atoms with Crippen LogP contribution in [0.5, 0.6) is 0 Å². The minimum atomic E-state index is -4.06. The van der Waals surface area contributed by atoms with Gasteiger partial charge in [0.25, 0.3) is 5.91 Å². The third-order valence-electron chi connectivity index (χ3n) is 5.38. The van der Waals surface area contributed by atoms with Crippen LogP contribution < -0.4 is 5.32 Å². The lowest BCUT2D eigenvalue weighted by Gasteiger charge is -2.24. The number of halogens is 1. The van der Waals surface area contributed by atoms with E-state index in [2.05, 4.69) is 5.32 Å². The Bertz CT molecular complexity index is 1140. The molecule has 0 aromatic heterocycles. The molecule has 2 unspecified atom stereocenters. The maximum atomic E-state index is 13.2. The summed E-state index contributed by atoms with van der Waals surface area (Å²) in [5.74, 6) is -1.52. The molecular formula is C22H25ClN2O6S. The summed E-state index contributed by atoms with van der Waals surface area (Å²) in [6, 6.07) is 10.0. The Balaban J connectivity index is 1.75. The number of carbonyl (C=O) groups excluding carboxylic acids is 2. The van der Waals surface area contributed by atoms with Crippen molar-refractivity contribution in [3.05, 3.63) is 58.6 Å². The van der Waals surface area contributed by atoms with Crippen LogP contribution in [0.1, 0.15) is 24.5 Å². The number of para-hydroxylation sites is 1. The summed E-state index contributed by atoms with van der Waals surface area (Å²) in [5.41, 5.74) is 2.08. The van der Waals surface area contributed by atoms with Crippen LogP contribution in [0.15, 0.2) is 47.4 Å². The van der Waals surface area contributed by atoms with E-state index in [9.17, 15) is 23.1 Å². The average Bonchev–Trinajstić information content (AvgIpc) is 3.14. The smallest absolute Gasteiger partial charge is 0.325 e. The molecule has 1 aliphatic heterocycles. The molecule has 1 heterocycles. The number of ether oxygens (including phenoxy) is 1. The number of hydrogen-bond acceptors (Lipinski definition) is 6. The Kier molecular flexibility index (Phi) is 7.24. The number of β-amino-alcohol motifs (C(OH)–C–C–N with tert-alkyl or cyclic N) is 1. The Morgan fingerprint density at radius 2 is 1.88 bits per heavy atom. The largest absolute Gasteiger partial charge is 0.451 e. The summed E-state index contributed by atoms with van der Waals surface area (Å²) < 4.78 is 32.5. The predicted octanol–water partition coefficient (Wildman–Crippen LogP) is 2.65. The van der Waals surface area contributed by atoms with Gasteiger partial charge in [-0.3, -0.25) is 9.59 Å². The molecule has 1 saturated heterocycles. The maximum Gasteiger partial charge on any atom is 0.325 e. The normalized spacial score (nSPS) is 20.0. The SMILES string of the molecule is Cc1ccc(S(=O)(=O)N2CC(O)C[C@H]2C(=O)OC(C)C(=O)Nc2ccccc2Cl)cc1C. The quantitative estimate of drug-likeness (QED) is 0.614. The molecule has 3 atom stereocenters. The van der Waals surface area contributed by atoms with E-state index in [0.29, 0.717) is 10.7 Å². The molecule has 2 N–H and O–H groups in total. The number of nitrogens with zero attached hydrogens (tertiary/aromatic N) is 1. The molecule has 1 fully saturated rings. The molecule has 32 heavy (non-hydrogen) atoms. The van der Waals surface area contributed by atoms with Gasteiger partial charge < -0.3 is 15.2 Å². The lowest BCUT2D eigenvalue weighted by Crippen LogP contribution is -2.43. The van der Waals surface area contributed by atoms with Gasteiger partial charge in [0.2, 0.25) is 10.0 Å². The van der Waals surface area contributed by atoms with E-state index in [-0.39, 0.29) is 17.9 Å². The number of benzene rings is 2. The first-order chi connectivity index (χ1) is 15.0. The van der Waals surface area contributed by atoms with Crippen LogP contribution in [0.3, 0.4) is 0 Å². The van der Waals surface area contributed by atoms with Crippen molar-refractivity contribution in [2.45, 2.75) is 50.3 Å². The summed E-state index contributed by atoms with van der Waals surface area (Å²) in [6.07, 6.45) is -2.36. The lowest BCUT2D eigenvalue weighted by molar-refractivity contribution is -0.156. The van der Waals surface area contributed by atoms with Crippen LogP contribution in [-0.2, 0) is 24.3 Å². The number of rotatable bonds is 6. The van der Waals surface area contributed by atoms with Gasteiger partial charge in [0.05, 0.1) is 21.7 Å². The van der Waals surface area contributed by atoms with Gasteiger partial charge in [-0.2, -0.15) is 4.31 Å². The number of nitrogens with one attached hydrogen (secondary N) is 1. The zero-order valence-corrected chi connectivity index (χ0v) is 19.5. The first-order valence-electron chi connectivity index (χ1n) is 10.0. The van der Waals surface area contributed by atoms with E-state index >= 15 is 0 Å². The van der Waals surface area contributed by atoms with Crippen LogP contribution >= 0.6 is 11.6 Å². The van der Waals surface area contributed by atoms with Gasteiger partial charge in [0.15, 0.2) is 6.10 Å². The van der Waals surface area contributed by atoms with Crippen molar-refractivity contribution in [1.29, 1.82) is 0 Å². The fourth-order valence-corrected chi connectivity index (χ4v) is 5.27. The van der Waals surface area contributed by atoms with E-state index in [1.165, 1.54) is 19.1 Å². The van der Waals surface area contributed by atoms with Crippen LogP contribution in [0.25, 0.3) is 0 Å². The van der Waals surface area contributed by atoms with Gasteiger partial charge in [-0.05, 0) is 56.2 Å². The second-order valence-corrected chi connectivity index (χ2v) is 10.1. The second kappa shape index (κ2) is 9.58. The molecule has 0 saturated carbocycles. The van der Waals surface area contributed by atoms with Crippen LogP contribution in [0.2, 0.25) is 5.02 Å². The highest BCUT2D eigenvalue weighted by atomic mass is 35.5. The highest BCUT2D eigenvalue weighted by Crippen LogP contribution is 2.29. The zero-order chi connectivity index (χ0) is 23.6. The zero-order valence-electron chi connectivity index (χ0n) is 17.9. The number of aliphatic hydroxyl groups is 1. The van der Waals surface area contributed by atoms with Crippen molar-refractivity contribution in [2.24, 2.45) is 0 Å². The van der Waals surface area contributed by atoms with E-state index < -0.39 is 40.1 Å². The van der Waals surface area contributed by atoms with Gasteiger partial charge in [-0.15, -0.1) is 0 Å². The summed E-state index contributed by atoms with van der Waals surface area (Å²) in [4.78, 5) is 25.2. The highest BCUT2D eigenvalue weighted by molar-refractivity contribution is 7.89. The third kappa shape index (κ3) is 5.12. The summed E-state index contributed by atoms with van der Waals surface area (Å²) in [6.45, 7) is 4.78. The van der Waals surface area contributed by atoms with E-state index in [1.54, 1.807) is 37.3 Å². The Morgan fingerprint density at radius 1 is 1.19 bits per heavy atom. The van der Waals surface area contributed by atoms with E-state index in [4.69, 9.17) is 16.3 Å². The minimum Gasteiger partial charge on any atom is -0.451 e. The fraction of sp³-hybridized carbons (Fsp3) is 0.364. The molecule has 172 valence electrons. The summed E-state index contributed by atoms with van der Waals surface area (Å²) >= 11 is 6.02. The minimum absolute atomic E-state index is 0.0250. The number of sulfonamides is 1. The van der Waals surface area contributed by atoms with Gasteiger partial charge in [-0.1, -0.05) is 29.8 Å². The number of anilines is 1. The summed E-state index contributed by atoms with van der Waals surface area (Å²) in [5, 5.41) is 13.0. The monoisotopic (exact) mass is 480 g/mol. The van der Waals surface area contributed by atoms with Crippen molar-refractivity contribution in [1.82, 2.24) is 4.31 Å². The molecule has 3 rings (SSSR count). The number of aryl methyl sites for hydroxylation is 2. The molecule has 1 amide bonds. The topological polar surface area (TPSA) is 113 Å². The molecule has 0 bridgehead atoms. The number of hydrogen-bond donors (Lipinski definition) is 2. The van der Waals surface area contributed by atoms with Crippen molar-refractivity contribution < 1.29 is 27.9 Å². The number of esters is 1. The van der Waals surface area contributed by atoms with Crippen LogP contribution in [-0.4, -0.2) is 54.5 Å². The third-order valence-corrected chi connectivity index (χ3v) is 7.58.